The summed E-state index contributed by atoms with van der Waals surface area (Å²) in [5.41, 5.74) is 1.15. The third-order valence-electron chi connectivity index (χ3n) is 4.38. The zero-order valence-electron chi connectivity index (χ0n) is 13.5. The quantitative estimate of drug-likeness (QED) is 0.821. The van der Waals surface area contributed by atoms with Gasteiger partial charge in [0.05, 0.1) is 0 Å². The van der Waals surface area contributed by atoms with Crippen molar-refractivity contribution < 1.29 is 0 Å². The van der Waals surface area contributed by atoms with Crippen LogP contribution in [-0.4, -0.2) is 28.3 Å². The van der Waals surface area contributed by atoms with Crippen molar-refractivity contribution in [1.82, 2.24) is 15.3 Å². The highest BCUT2D eigenvalue weighted by atomic mass is 32.2. The van der Waals surface area contributed by atoms with E-state index in [-0.39, 0.29) is 11.0 Å². The SMILES string of the molecule is CCCc1cc(=O)[nH]c(SC2CCCC(C)(C)C2NC)n1. The van der Waals surface area contributed by atoms with E-state index in [2.05, 4.69) is 36.1 Å². The molecule has 0 amide bonds. The third-order valence-corrected chi connectivity index (χ3v) is 5.60. The van der Waals surface area contributed by atoms with Crippen LogP contribution in [-0.2, 0) is 6.42 Å². The van der Waals surface area contributed by atoms with Crippen molar-refractivity contribution in [2.75, 3.05) is 7.05 Å². The van der Waals surface area contributed by atoms with Gasteiger partial charge in [0, 0.05) is 23.1 Å². The van der Waals surface area contributed by atoms with Crippen LogP contribution in [0.15, 0.2) is 16.0 Å². The number of rotatable bonds is 5. The predicted molar refractivity (Wildman–Crippen MR) is 89.0 cm³/mol. The molecule has 5 heteroatoms. The summed E-state index contributed by atoms with van der Waals surface area (Å²) < 4.78 is 0. The van der Waals surface area contributed by atoms with Gasteiger partial charge in [0.1, 0.15) is 0 Å². The normalized spacial score (nSPS) is 25.0. The molecule has 2 atom stereocenters. The second-order valence-electron chi connectivity index (χ2n) is 6.60. The van der Waals surface area contributed by atoms with Gasteiger partial charge in [-0.05, 0) is 31.7 Å². The maximum Gasteiger partial charge on any atom is 0.251 e. The van der Waals surface area contributed by atoms with Crippen molar-refractivity contribution in [3.8, 4) is 0 Å². The highest BCUT2D eigenvalue weighted by Gasteiger charge is 2.38. The van der Waals surface area contributed by atoms with Gasteiger partial charge < -0.3 is 10.3 Å². The van der Waals surface area contributed by atoms with Crippen molar-refractivity contribution in [3.63, 3.8) is 0 Å². The molecule has 1 aliphatic rings. The summed E-state index contributed by atoms with van der Waals surface area (Å²) in [5.74, 6) is 0. The molecule has 1 aliphatic carbocycles. The molecular formula is C16H27N3OS. The van der Waals surface area contributed by atoms with Gasteiger partial charge in [-0.25, -0.2) is 4.98 Å². The van der Waals surface area contributed by atoms with Crippen molar-refractivity contribution in [1.29, 1.82) is 0 Å². The molecule has 0 spiro atoms. The molecule has 21 heavy (non-hydrogen) atoms. The van der Waals surface area contributed by atoms with Crippen molar-refractivity contribution in [3.05, 3.63) is 22.1 Å². The molecule has 0 saturated heterocycles. The zero-order valence-corrected chi connectivity index (χ0v) is 14.3. The molecule has 2 unspecified atom stereocenters. The van der Waals surface area contributed by atoms with Crippen LogP contribution in [0.1, 0.15) is 52.1 Å². The first-order chi connectivity index (χ1) is 9.96. The fourth-order valence-corrected chi connectivity index (χ4v) is 4.90. The molecule has 1 heterocycles. The lowest BCUT2D eigenvalue weighted by Crippen LogP contribution is -2.50. The Hall–Kier alpha value is -0.810. The number of hydrogen-bond donors (Lipinski definition) is 2. The highest BCUT2D eigenvalue weighted by Crippen LogP contribution is 2.41. The number of aromatic amines is 1. The fourth-order valence-electron chi connectivity index (χ4n) is 3.35. The largest absolute Gasteiger partial charge is 0.315 e. The molecule has 0 bridgehead atoms. The topological polar surface area (TPSA) is 57.8 Å². The highest BCUT2D eigenvalue weighted by molar-refractivity contribution is 7.99. The van der Waals surface area contributed by atoms with E-state index in [1.165, 1.54) is 19.3 Å². The predicted octanol–water partition coefficient (Wildman–Crippen LogP) is 2.98. The summed E-state index contributed by atoms with van der Waals surface area (Å²) in [6.45, 7) is 6.76. The number of nitrogens with zero attached hydrogens (tertiary/aromatic N) is 1. The van der Waals surface area contributed by atoms with Gasteiger partial charge in [-0.2, -0.15) is 0 Å². The summed E-state index contributed by atoms with van der Waals surface area (Å²) in [4.78, 5) is 19.3. The summed E-state index contributed by atoms with van der Waals surface area (Å²) in [6.07, 6.45) is 5.53. The minimum Gasteiger partial charge on any atom is -0.315 e. The maximum atomic E-state index is 11.8. The second-order valence-corrected chi connectivity index (χ2v) is 7.82. The fraction of sp³-hybridized carbons (Fsp3) is 0.750. The molecule has 1 saturated carbocycles. The molecule has 0 aromatic carbocycles. The lowest BCUT2D eigenvalue weighted by molar-refractivity contribution is 0.182. The lowest BCUT2D eigenvalue weighted by Gasteiger charge is -2.43. The van der Waals surface area contributed by atoms with Crippen molar-refractivity contribution in [2.24, 2.45) is 5.41 Å². The second kappa shape index (κ2) is 6.97. The number of aromatic nitrogens is 2. The van der Waals surface area contributed by atoms with E-state index >= 15 is 0 Å². The van der Waals surface area contributed by atoms with Crippen LogP contribution >= 0.6 is 11.8 Å². The number of aryl methyl sites for hydroxylation is 1. The summed E-state index contributed by atoms with van der Waals surface area (Å²) >= 11 is 1.72. The number of thioether (sulfide) groups is 1. The Morgan fingerprint density at radius 2 is 2.29 bits per heavy atom. The van der Waals surface area contributed by atoms with E-state index in [1.807, 2.05) is 7.05 Å². The van der Waals surface area contributed by atoms with Crippen LogP contribution in [0, 0.1) is 5.41 Å². The van der Waals surface area contributed by atoms with Gasteiger partial charge in [0.15, 0.2) is 5.16 Å². The Morgan fingerprint density at radius 1 is 1.52 bits per heavy atom. The third kappa shape index (κ3) is 4.10. The molecule has 1 aromatic rings. The van der Waals surface area contributed by atoms with E-state index < -0.39 is 0 Å². The number of nitrogens with one attached hydrogen (secondary N) is 2. The summed E-state index contributed by atoms with van der Waals surface area (Å²) in [6, 6.07) is 2.06. The Balaban J connectivity index is 2.18. The average Bonchev–Trinajstić information content (AvgIpc) is 2.37. The van der Waals surface area contributed by atoms with E-state index in [9.17, 15) is 4.79 Å². The van der Waals surface area contributed by atoms with Crippen LogP contribution in [0.4, 0.5) is 0 Å². The first-order valence-electron chi connectivity index (χ1n) is 7.90. The molecule has 4 nitrogen and oxygen atoms in total. The first kappa shape index (κ1) is 16.6. The van der Waals surface area contributed by atoms with Gasteiger partial charge in [-0.3, -0.25) is 4.79 Å². The molecule has 2 rings (SSSR count). The van der Waals surface area contributed by atoms with Crippen LogP contribution in [0.5, 0.6) is 0 Å². The maximum absolute atomic E-state index is 11.8. The van der Waals surface area contributed by atoms with Gasteiger partial charge in [0.25, 0.3) is 5.56 Å². The minimum absolute atomic E-state index is 0.0352. The summed E-state index contributed by atoms with van der Waals surface area (Å²) in [5, 5.41) is 4.71. The van der Waals surface area contributed by atoms with Gasteiger partial charge in [0.2, 0.25) is 0 Å². The number of hydrogen-bond acceptors (Lipinski definition) is 4. The van der Waals surface area contributed by atoms with Crippen LogP contribution < -0.4 is 10.9 Å². The van der Waals surface area contributed by atoms with Crippen molar-refractivity contribution in [2.45, 2.75) is 69.3 Å². The standard InChI is InChI=1S/C16H27N3OS/c1-5-7-11-10-13(20)19-15(18-11)21-12-8-6-9-16(2,3)14(12)17-4/h10,12,14,17H,5-9H2,1-4H3,(H,18,19,20). The Kier molecular flexibility index (Phi) is 5.49. The number of H-pyrrole nitrogens is 1. The Morgan fingerprint density at radius 3 is 2.95 bits per heavy atom. The average molecular weight is 309 g/mol. The first-order valence-corrected chi connectivity index (χ1v) is 8.78. The Bertz CT molecular complexity index is 526. The van der Waals surface area contributed by atoms with Gasteiger partial charge >= 0.3 is 0 Å². The molecule has 0 aliphatic heterocycles. The van der Waals surface area contributed by atoms with Crippen LogP contribution in [0.2, 0.25) is 0 Å². The van der Waals surface area contributed by atoms with Gasteiger partial charge in [-0.1, -0.05) is 45.4 Å². The van der Waals surface area contributed by atoms with Crippen LogP contribution in [0.3, 0.4) is 0 Å². The molecule has 0 radical (unpaired) electrons. The van der Waals surface area contributed by atoms with Crippen molar-refractivity contribution >= 4 is 11.8 Å². The molecule has 2 N–H and O–H groups in total. The van der Waals surface area contributed by atoms with E-state index in [4.69, 9.17) is 0 Å². The monoisotopic (exact) mass is 309 g/mol. The molecule has 118 valence electrons. The lowest BCUT2D eigenvalue weighted by atomic mass is 9.73. The van der Waals surface area contributed by atoms with Crippen LogP contribution in [0.25, 0.3) is 0 Å². The van der Waals surface area contributed by atoms with E-state index in [1.54, 1.807) is 17.8 Å². The Labute approximate surface area is 131 Å². The molecule has 1 fully saturated rings. The van der Waals surface area contributed by atoms with E-state index in [0.717, 1.165) is 23.7 Å². The summed E-state index contributed by atoms with van der Waals surface area (Å²) in [7, 11) is 2.04. The van der Waals surface area contributed by atoms with Gasteiger partial charge in [-0.15, -0.1) is 0 Å². The smallest absolute Gasteiger partial charge is 0.251 e. The molecular weight excluding hydrogens is 282 g/mol. The molecule has 1 aromatic heterocycles. The van der Waals surface area contributed by atoms with E-state index in [0.29, 0.717) is 11.3 Å². The minimum atomic E-state index is -0.0352. The zero-order chi connectivity index (χ0) is 15.5.